The molecule has 0 saturated heterocycles. The standard InChI is InChI=1S/C20H23NO2/c1-3-23-18-9-7-16(8-10-18)14-20(22)21-12-4-5-17-13-15(2)6-11-19(17)21/h6-11,13H,3-5,12,14H2,1-2H3. The van der Waals surface area contributed by atoms with Gasteiger partial charge in [-0.05, 0) is 56.0 Å². The van der Waals surface area contributed by atoms with Gasteiger partial charge in [-0.25, -0.2) is 0 Å². The summed E-state index contributed by atoms with van der Waals surface area (Å²) < 4.78 is 5.44. The first-order chi connectivity index (χ1) is 11.2. The van der Waals surface area contributed by atoms with Crippen LogP contribution in [0.4, 0.5) is 5.69 Å². The maximum atomic E-state index is 12.7. The van der Waals surface area contributed by atoms with Crippen molar-refractivity contribution in [3.05, 3.63) is 59.2 Å². The number of amides is 1. The lowest BCUT2D eigenvalue weighted by Crippen LogP contribution is -2.36. The van der Waals surface area contributed by atoms with Crippen LogP contribution < -0.4 is 9.64 Å². The van der Waals surface area contributed by atoms with Crippen molar-refractivity contribution in [3.8, 4) is 5.75 Å². The summed E-state index contributed by atoms with van der Waals surface area (Å²) in [4.78, 5) is 14.7. The fourth-order valence-electron chi connectivity index (χ4n) is 3.13. The van der Waals surface area contributed by atoms with E-state index in [2.05, 4.69) is 25.1 Å². The van der Waals surface area contributed by atoms with E-state index in [1.54, 1.807) is 0 Å². The van der Waals surface area contributed by atoms with Crippen molar-refractivity contribution in [3.63, 3.8) is 0 Å². The van der Waals surface area contributed by atoms with Gasteiger partial charge in [0.1, 0.15) is 5.75 Å². The molecule has 2 aromatic carbocycles. The number of hydrogen-bond donors (Lipinski definition) is 0. The second kappa shape index (κ2) is 6.86. The van der Waals surface area contributed by atoms with Crippen molar-refractivity contribution in [1.29, 1.82) is 0 Å². The molecular formula is C20H23NO2. The molecule has 1 aliphatic rings. The van der Waals surface area contributed by atoms with E-state index >= 15 is 0 Å². The maximum Gasteiger partial charge on any atom is 0.231 e. The lowest BCUT2D eigenvalue weighted by atomic mass is 9.99. The normalized spacial score (nSPS) is 13.6. The third kappa shape index (κ3) is 3.55. The molecule has 3 heteroatoms. The SMILES string of the molecule is CCOc1ccc(CC(=O)N2CCCc3cc(C)ccc32)cc1. The van der Waals surface area contributed by atoms with Gasteiger partial charge >= 0.3 is 0 Å². The summed E-state index contributed by atoms with van der Waals surface area (Å²) in [6, 6.07) is 14.2. The molecule has 0 aromatic heterocycles. The number of carbonyl (C=O) groups excluding carboxylic acids is 1. The molecule has 0 radical (unpaired) electrons. The Morgan fingerprint density at radius 3 is 2.70 bits per heavy atom. The van der Waals surface area contributed by atoms with Gasteiger partial charge in [-0.2, -0.15) is 0 Å². The molecule has 0 fully saturated rings. The lowest BCUT2D eigenvalue weighted by molar-refractivity contribution is -0.118. The highest BCUT2D eigenvalue weighted by Crippen LogP contribution is 2.28. The van der Waals surface area contributed by atoms with E-state index in [0.29, 0.717) is 13.0 Å². The van der Waals surface area contributed by atoms with Gasteiger partial charge in [0, 0.05) is 12.2 Å². The van der Waals surface area contributed by atoms with Crippen LogP contribution in [0.3, 0.4) is 0 Å². The summed E-state index contributed by atoms with van der Waals surface area (Å²) in [6.45, 7) is 5.53. The van der Waals surface area contributed by atoms with Gasteiger partial charge in [0.05, 0.1) is 13.0 Å². The van der Waals surface area contributed by atoms with Crippen molar-refractivity contribution in [2.75, 3.05) is 18.1 Å². The van der Waals surface area contributed by atoms with Crippen LogP contribution in [0.15, 0.2) is 42.5 Å². The van der Waals surface area contributed by atoms with Crippen LogP contribution in [-0.2, 0) is 17.6 Å². The largest absolute Gasteiger partial charge is 0.494 e. The fraction of sp³-hybridized carbons (Fsp3) is 0.350. The minimum absolute atomic E-state index is 0.166. The Labute approximate surface area is 137 Å². The summed E-state index contributed by atoms with van der Waals surface area (Å²) in [5.41, 5.74) is 4.65. The molecule has 0 spiro atoms. The number of benzene rings is 2. The zero-order chi connectivity index (χ0) is 16.2. The Morgan fingerprint density at radius 2 is 1.96 bits per heavy atom. The van der Waals surface area contributed by atoms with Gasteiger partial charge in [-0.3, -0.25) is 4.79 Å². The van der Waals surface area contributed by atoms with Crippen LogP contribution >= 0.6 is 0 Å². The van der Waals surface area contributed by atoms with Crippen LogP contribution in [0, 0.1) is 6.92 Å². The van der Waals surface area contributed by atoms with Crippen molar-refractivity contribution >= 4 is 11.6 Å². The van der Waals surface area contributed by atoms with E-state index in [9.17, 15) is 4.79 Å². The highest BCUT2D eigenvalue weighted by Gasteiger charge is 2.22. The van der Waals surface area contributed by atoms with Crippen LogP contribution in [0.5, 0.6) is 5.75 Å². The molecule has 1 amide bonds. The third-order valence-corrected chi connectivity index (χ3v) is 4.24. The van der Waals surface area contributed by atoms with Crippen molar-refractivity contribution in [1.82, 2.24) is 0 Å². The average molecular weight is 309 g/mol. The zero-order valence-corrected chi connectivity index (χ0v) is 13.8. The van der Waals surface area contributed by atoms with Gasteiger partial charge in [0.25, 0.3) is 0 Å². The van der Waals surface area contributed by atoms with Crippen molar-refractivity contribution < 1.29 is 9.53 Å². The quantitative estimate of drug-likeness (QED) is 0.857. The highest BCUT2D eigenvalue weighted by molar-refractivity contribution is 5.96. The number of rotatable bonds is 4. The smallest absolute Gasteiger partial charge is 0.231 e. The Kier molecular flexibility index (Phi) is 4.65. The molecule has 120 valence electrons. The number of ether oxygens (including phenoxy) is 1. The average Bonchev–Trinajstić information content (AvgIpc) is 2.56. The predicted octanol–water partition coefficient (Wildman–Crippen LogP) is 3.92. The fourth-order valence-corrected chi connectivity index (χ4v) is 3.13. The van der Waals surface area contributed by atoms with Gasteiger partial charge in [0.15, 0.2) is 0 Å². The van der Waals surface area contributed by atoms with E-state index in [-0.39, 0.29) is 5.91 Å². The number of hydrogen-bond acceptors (Lipinski definition) is 2. The van der Waals surface area contributed by atoms with Gasteiger partial charge < -0.3 is 9.64 Å². The number of carbonyl (C=O) groups is 1. The Morgan fingerprint density at radius 1 is 1.17 bits per heavy atom. The van der Waals surface area contributed by atoms with E-state index < -0.39 is 0 Å². The van der Waals surface area contributed by atoms with Gasteiger partial charge in [-0.1, -0.05) is 29.8 Å². The predicted molar refractivity (Wildman–Crippen MR) is 93.2 cm³/mol. The molecule has 2 aromatic rings. The molecule has 3 nitrogen and oxygen atoms in total. The highest BCUT2D eigenvalue weighted by atomic mass is 16.5. The van der Waals surface area contributed by atoms with E-state index in [1.807, 2.05) is 36.1 Å². The van der Waals surface area contributed by atoms with Crippen LogP contribution in [0.1, 0.15) is 30.0 Å². The summed E-state index contributed by atoms with van der Waals surface area (Å²) in [5, 5.41) is 0. The Balaban J connectivity index is 1.74. The van der Waals surface area contributed by atoms with E-state index in [1.165, 1.54) is 11.1 Å². The van der Waals surface area contributed by atoms with E-state index in [4.69, 9.17) is 4.74 Å². The molecule has 0 N–H and O–H groups in total. The summed E-state index contributed by atoms with van der Waals surface area (Å²) in [7, 11) is 0. The van der Waals surface area contributed by atoms with Crippen LogP contribution in [0.25, 0.3) is 0 Å². The summed E-state index contributed by atoms with van der Waals surface area (Å²) in [5.74, 6) is 1.02. The summed E-state index contributed by atoms with van der Waals surface area (Å²) >= 11 is 0. The molecule has 1 heterocycles. The van der Waals surface area contributed by atoms with Gasteiger partial charge in [-0.15, -0.1) is 0 Å². The maximum absolute atomic E-state index is 12.7. The zero-order valence-electron chi connectivity index (χ0n) is 13.8. The van der Waals surface area contributed by atoms with Crippen molar-refractivity contribution in [2.24, 2.45) is 0 Å². The van der Waals surface area contributed by atoms with Gasteiger partial charge in [0.2, 0.25) is 5.91 Å². The molecule has 1 aliphatic heterocycles. The topological polar surface area (TPSA) is 29.5 Å². The Hall–Kier alpha value is -2.29. The third-order valence-electron chi connectivity index (χ3n) is 4.24. The number of fused-ring (bicyclic) bond motifs is 1. The summed E-state index contributed by atoms with van der Waals surface area (Å²) in [6.07, 6.45) is 2.52. The molecule has 3 rings (SSSR count). The minimum Gasteiger partial charge on any atom is -0.494 e. The second-order valence-electron chi connectivity index (χ2n) is 6.03. The molecule has 0 unspecified atom stereocenters. The molecule has 0 saturated carbocycles. The first kappa shape index (κ1) is 15.6. The van der Waals surface area contributed by atoms with Crippen molar-refractivity contribution in [2.45, 2.75) is 33.1 Å². The van der Waals surface area contributed by atoms with Crippen LogP contribution in [-0.4, -0.2) is 19.1 Å². The number of anilines is 1. The monoisotopic (exact) mass is 309 g/mol. The number of nitrogens with zero attached hydrogens (tertiary/aromatic N) is 1. The molecule has 0 bridgehead atoms. The first-order valence-corrected chi connectivity index (χ1v) is 8.29. The van der Waals surface area contributed by atoms with Crippen LogP contribution in [0.2, 0.25) is 0 Å². The Bertz CT molecular complexity index is 691. The lowest BCUT2D eigenvalue weighted by Gasteiger charge is -2.30. The first-order valence-electron chi connectivity index (χ1n) is 8.29. The molecule has 23 heavy (non-hydrogen) atoms. The molecular weight excluding hydrogens is 286 g/mol. The number of aryl methyl sites for hydroxylation is 2. The molecule has 0 aliphatic carbocycles. The molecule has 0 atom stereocenters. The van der Waals surface area contributed by atoms with E-state index in [0.717, 1.165) is 36.4 Å². The minimum atomic E-state index is 0.166. The second-order valence-corrected chi connectivity index (χ2v) is 6.03.